The number of rotatable bonds is 3. The van der Waals surface area contributed by atoms with Crippen molar-refractivity contribution >= 4 is 29.6 Å². The van der Waals surface area contributed by atoms with Gasteiger partial charge in [-0.05, 0) is 38.7 Å². The minimum absolute atomic E-state index is 0.125. The lowest BCUT2D eigenvalue weighted by molar-refractivity contribution is -0.125. The predicted molar refractivity (Wildman–Crippen MR) is 72.5 cm³/mol. The number of amidine groups is 1. The maximum absolute atomic E-state index is 12.0. The lowest BCUT2D eigenvalue weighted by Gasteiger charge is -2.15. The lowest BCUT2D eigenvalue weighted by Crippen LogP contribution is -2.29. The van der Waals surface area contributed by atoms with E-state index in [4.69, 9.17) is 0 Å². The van der Waals surface area contributed by atoms with Crippen molar-refractivity contribution in [3.8, 4) is 0 Å². The molecule has 0 N–H and O–H groups in total. The van der Waals surface area contributed by atoms with Gasteiger partial charge in [0.25, 0.3) is 5.91 Å². The van der Waals surface area contributed by atoms with Crippen LogP contribution in [-0.2, 0) is 4.79 Å². The molecule has 5 heteroatoms. The molecule has 0 spiro atoms. The number of hydrogen-bond acceptors (Lipinski definition) is 3. The van der Waals surface area contributed by atoms with Crippen LogP contribution >= 0.6 is 11.8 Å². The molecule has 0 unspecified atom stereocenters. The molecule has 0 radical (unpaired) electrons. The Kier molecular flexibility index (Phi) is 3.66. The minimum atomic E-state index is 0.125. The fraction of sp³-hybridized carbons (Fsp3) is 0.583. The molecule has 2 aliphatic rings. The first kappa shape index (κ1) is 12.4. The number of carbonyl (C=O) groups is 1. The summed E-state index contributed by atoms with van der Waals surface area (Å²) in [6.45, 7) is 6.82. The Hall–Kier alpha value is -1.10. The summed E-state index contributed by atoms with van der Waals surface area (Å²) in [5.74, 6) is 0.841. The Morgan fingerprint density at radius 3 is 2.82 bits per heavy atom. The fourth-order valence-corrected chi connectivity index (χ4v) is 2.20. The van der Waals surface area contributed by atoms with E-state index < -0.39 is 0 Å². The van der Waals surface area contributed by atoms with E-state index in [1.165, 1.54) is 24.6 Å². The molecule has 4 nitrogen and oxygen atoms in total. The van der Waals surface area contributed by atoms with Crippen LogP contribution in [0.3, 0.4) is 0 Å². The van der Waals surface area contributed by atoms with Crippen LogP contribution < -0.4 is 0 Å². The van der Waals surface area contributed by atoms with Gasteiger partial charge < -0.3 is 4.90 Å². The van der Waals surface area contributed by atoms with Gasteiger partial charge in [0.05, 0.1) is 12.2 Å². The summed E-state index contributed by atoms with van der Waals surface area (Å²) in [5.41, 5.74) is 1.59. The van der Waals surface area contributed by atoms with Crippen molar-refractivity contribution in [1.82, 2.24) is 4.90 Å². The normalized spacial score (nSPS) is 21.4. The van der Waals surface area contributed by atoms with E-state index in [0.29, 0.717) is 17.6 Å². The van der Waals surface area contributed by atoms with Crippen LogP contribution in [0.5, 0.6) is 0 Å². The predicted octanol–water partition coefficient (Wildman–Crippen LogP) is 1.93. The molecule has 2 rings (SSSR count). The Balaban J connectivity index is 2.09. The number of carbonyl (C=O) groups excluding carboxylic acids is 1. The van der Waals surface area contributed by atoms with Gasteiger partial charge in [-0.25, -0.2) is 9.98 Å². The smallest absolute Gasteiger partial charge is 0.251 e. The summed E-state index contributed by atoms with van der Waals surface area (Å²) in [4.78, 5) is 22.1. The van der Waals surface area contributed by atoms with Crippen molar-refractivity contribution in [3.05, 3.63) is 11.3 Å². The van der Waals surface area contributed by atoms with Gasteiger partial charge in [0.2, 0.25) is 0 Å². The first-order valence-electron chi connectivity index (χ1n) is 5.74. The maximum Gasteiger partial charge on any atom is 0.251 e. The molecule has 0 aromatic rings. The van der Waals surface area contributed by atoms with Crippen LogP contribution in [0, 0.1) is 5.92 Å². The average Bonchev–Trinajstić information content (AvgIpc) is 3.10. The third-order valence-electron chi connectivity index (χ3n) is 3.11. The van der Waals surface area contributed by atoms with Gasteiger partial charge in [0.15, 0.2) is 5.17 Å². The van der Waals surface area contributed by atoms with E-state index in [9.17, 15) is 4.79 Å². The second kappa shape index (κ2) is 5.04. The van der Waals surface area contributed by atoms with Gasteiger partial charge >= 0.3 is 0 Å². The zero-order valence-electron chi connectivity index (χ0n) is 10.3. The first-order valence-corrected chi connectivity index (χ1v) is 6.96. The van der Waals surface area contributed by atoms with Crippen molar-refractivity contribution in [2.75, 3.05) is 19.3 Å². The zero-order chi connectivity index (χ0) is 12.4. The summed E-state index contributed by atoms with van der Waals surface area (Å²) in [7, 11) is 0. The molecule has 1 saturated carbocycles. The molecule has 0 saturated heterocycles. The number of aliphatic imine (C=N–C) groups is 2. The number of thioether (sulfide) groups is 1. The molecule has 0 bridgehead atoms. The third-order valence-corrected chi connectivity index (χ3v) is 3.69. The van der Waals surface area contributed by atoms with Crippen molar-refractivity contribution < 1.29 is 4.79 Å². The van der Waals surface area contributed by atoms with Crippen molar-refractivity contribution in [1.29, 1.82) is 0 Å². The molecular weight excluding hydrogens is 234 g/mol. The lowest BCUT2D eigenvalue weighted by atomic mass is 10.3. The Bertz CT molecular complexity index is 410. The zero-order valence-corrected chi connectivity index (χ0v) is 11.1. The Morgan fingerprint density at radius 1 is 1.59 bits per heavy atom. The van der Waals surface area contributed by atoms with Crippen LogP contribution in [-0.4, -0.2) is 42.0 Å². The van der Waals surface area contributed by atoms with E-state index in [-0.39, 0.29) is 5.91 Å². The SMILES string of the molecule is C=NC(=NC1=C(C)C(=O)N(CC2CC2)C1)SC. The van der Waals surface area contributed by atoms with E-state index >= 15 is 0 Å². The van der Waals surface area contributed by atoms with Crippen molar-refractivity contribution in [2.45, 2.75) is 19.8 Å². The summed E-state index contributed by atoms with van der Waals surface area (Å²) in [6.07, 6.45) is 4.42. The molecule has 1 amide bonds. The molecule has 0 aromatic carbocycles. The highest BCUT2D eigenvalue weighted by atomic mass is 32.2. The molecule has 1 aliphatic carbocycles. The molecule has 1 fully saturated rings. The van der Waals surface area contributed by atoms with Crippen LogP contribution in [0.15, 0.2) is 21.3 Å². The highest BCUT2D eigenvalue weighted by Crippen LogP contribution is 2.32. The largest absolute Gasteiger partial charge is 0.333 e. The van der Waals surface area contributed by atoms with Crippen molar-refractivity contribution in [3.63, 3.8) is 0 Å². The number of nitrogens with zero attached hydrogens (tertiary/aromatic N) is 3. The Labute approximate surface area is 106 Å². The standard InChI is InChI=1S/C12H17N3OS/c1-8-10(14-12(13-2)17-3)7-15(11(8)16)6-9-4-5-9/h9H,2,4-7H2,1,3H3. The number of hydrogen-bond donors (Lipinski definition) is 0. The quantitative estimate of drug-likeness (QED) is 0.568. The van der Waals surface area contributed by atoms with Gasteiger partial charge in [-0.3, -0.25) is 4.79 Å². The van der Waals surface area contributed by atoms with E-state index in [1.54, 1.807) is 0 Å². The van der Waals surface area contributed by atoms with Gasteiger partial charge in [0, 0.05) is 12.1 Å². The van der Waals surface area contributed by atoms with Crippen LogP contribution in [0.25, 0.3) is 0 Å². The summed E-state index contributed by atoms with van der Waals surface area (Å²) >= 11 is 1.44. The van der Waals surface area contributed by atoms with Gasteiger partial charge in [0.1, 0.15) is 0 Å². The van der Waals surface area contributed by atoms with E-state index in [1.807, 2.05) is 18.1 Å². The van der Waals surface area contributed by atoms with Crippen LogP contribution in [0.4, 0.5) is 0 Å². The molecule has 0 atom stereocenters. The van der Waals surface area contributed by atoms with Crippen molar-refractivity contribution in [2.24, 2.45) is 15.9 Å². The molecule has 1 heterocycles. The second-order valence-corrected chi connectivity index (χ2v) is 5.23. The van der Waals surface area contributed by atoms with Crippen LogP contribution in [0.1, 0.15) is 19.8 Å². The van der Waals surface area contributed by atoms with Crippen LogP contribution in [0.2, 0.25) is 0 Å². The molecule has 1 aliphatic heterocycles. The molecule has 0 aromatic heterocycles. The monoisotopic (exact) mass is 251 g/mol. The van der Waals surface area contributed by atoms with E-state index in [0.717, 1.165) is 17.8 Å². The molecule has 92 valence electrons. The summed E-state index contributed by atoms with van der Waals surface area (Å²) < 4.78 is 0. The third kappa shape index (κ3) is 2.77. The van der Waals surface area contributed by atoms with Gasteiger partial charge in [-0.2, -0.15) is 0 Å². The number of amides is 1. The summed E-state index contributed by atoms with van der Waals surface area (Å²) in [6, 6.07) is 0. The molecule has 17 heavy (non-hydrogen) atoms. The molecular formula is C12H17N3OS. The van der Waals surface area contributed by atoms with E-state index in [2.05, 4.69) is 16.7 Å². The summed E-state index contributed by atoms with van der Waals surface area (Å²) in [5, 5.41) is 0.625. The minimum Gasteiger partial charge on any atom is -0.333 e. The van der Waals surface area contributed by atoms with Gasteiger partial charge in [-0.15, -0.1) is 0 Å². The highest BCUT2D eigenvalue weighted by molar-refractivity contribution is 8.13. The maximum atomic E-state index is 12.0. The average molecular weight is 251 g/mol. The second-order valence-electron chi connectivity index (χ2n) is 4.46. The Morgan fingerprint density at radius 2 is 2.29 bits per heavy atom. The topological polar surface area (TPSA) is 45.0 Å². The first-order chi connectivity index (χ1) is 8.15. The fourth-order valence-electron chi connectivity index (χ4n) is 1.87. The highest BCUT2D eigenvalue weighted by Gasteiger charge is 2.32. The van der Waals surface area contributed by atoms with Gasteiger partial charge in [-0.1, -0.05) is 11.8 Å².